The Labute approximate surface area is 238 Å². The number of nitrogens with zero attached hydrogens (tertiary/aromatic N) is 2. The predicted octanol–water partition coefficient (Wildman–Crippen LogP) is 5.54. The number of halogens is 1. The molecule has 0 aliphatic carbocycles. The lowest BCUT2D eigenvalue weighted by Crippen LogP contribution is -2.47. The number of ether oxygens (including phenoxy) is 3. The predicted molar refractivity (Wildman–Crippen MR) is 154 cm³/mol. The van der Waals surface area contributed by atoms with E-state index in [1.165, 1.54) is 0 Å². The first-order valence-corrected chi connectivity index (χ1v) is 14.6. The highest BCUT2D eigenvalue weighted by Gasteiger charge is 2.33. The zero-order valence-corrected chi connectivity index (χ0v) is 24.4. The minimum Gasteiger partial charge on any atom is -0.493 e. The van der Waals surface area contributed by atoms with Crippen molar-refractivity contribution in [1.82, 2.24) is 9.80 Å². The van der Waals surface area contributed by atoms with Gasteiger partial charge in [-0.2, -0.15) is 0 Å². The number of methoxy groups -OCH3 is 1. The zero-order valence-electron chi connectivity index (χ0n) is 23.6. The smallest absolute Gasteiger partial charge is 0.222 e. The van der Waals surface area contributed by atoms with Gasteiger partial charge in [0.05, 0.1) is 13.7 Å². The summed E-state index contributed by atoms with van der Waals surface area (Å²) in [7, 11) is 1.66. The molecule has 0 radical (unpaired) electrons. The molecule has 39 heavy (non-hydrogen) atoms. The van der Waals surface area contributed by atoms with E-state index < -0.39 is 5.60 Å². The van der Waals surface area contributed by atoms with Crippen molar-refractivity contribution >= 4 is 17.5 Å². The first-order chi connectivity index (χ1) is 18.8. The molecule has 0 unspecified atom stereocenters. The maximum atomic E-state index is 12.2. The van der Waals surface area contributed by atoms with Gasteiger partial charge in [-0.15, -0.1) is 0 Å². The first kappa shape index (κ1) is 29.5. The number of hydrogen-bond donors (Lipinski definition) is 1. The fraction of sp³-hybridized carbons (Fsp3) is 0.581. The van der Waals surface area contributed by atoms with E-state index in [2.05, 4.69) is 11.0 Å². The van der Waals surface area contributed by atoms with Crippen molar-refractivity contribution in [3.05, 3.63) is 52.0 Å². The Morgan fingerprint density at radius 1 is 0.974 bits per heavy atom. The van der Waals surface area contributed by atoms with E-state index in [0.29, 0.717) is 31.6 Å². The van der Waals surface area contributed by atoms with E-state index in [-0.39, 0.29) is 12.5 Å². The van der Waals surface area contributed by atoms with Crippen LogP contribution in [0.15, 0.2) is 30.3 Å². The fourth-order valence-corrected chi connectivity index (χ4v) is 5.49. The summed E-state index contributed by atoms with van der Waals surface area (Å²) in [5.74, 6) is 2.45. The summed E-state index contributed by atoms with van der Waals surface area (Å²) in [6.07, 6.45) is 6.00. The van der Waals surface area contributed by atoms with Crippen LogP contribution in [0, 0.1) is 13.8 Å². The molecule has 0 aromatic heterocycles. The fourth-order valence-electron chi connectivity index (χ4n) is 5.38. The molecule has 0 saturated carbocycles. The first-order valence-electron chi connectivity index (χ1n) is 14.2. The third kappa shape index (κ3) is 8.26. The Kier molecular flexibility index (Phi) is 10.4. The van der Waals surface area contributed by atoms with E-state index in [9.17, 15) is 9.90 Å². The van der Waals surface area contributed by atoms with Crippen molar-refractivity contribution in [2.75, 3.05) is 46.5 Å². The number of aryl methyl sites for hydroxylation is 2. The summed E-state index contributed by atoms with van der Waals surface area (Å²) < 4.78 is 17.6. The second-order valence-electron chi connectivity index (χ2n) is 11.0. The number of carbonyl (C=O) groups is 1. The number of piperidine rings is 1. The topological polar surface area (TPSA) is 71.5 Å². The second-order valence-corrected chi connectivity index (χ2v) is 11.4. The zero-order chi connectivity index (χ0) is 27.8. The summed E-state index contributed by atoms with van der Waals surface area (Å²) in [6.45, 7) is 8.69. The molecule has 2 saturated heterocycles. The Balaban J connectivity index is 1.22. The summed E-state index contributed by atoms with van der Waals surface area (Å²) in [6, 6.07) is 9.92. The van der Waals surface area contributed by atoms with E-state index in [4.69, 9.17) is 25.8 Å². The van der Waals surface area contributed by atoms with E-state index in [1.54, 1.807) is 7.11 Å². The van der Waals surface area contributed by atoms with Crippen LogP contribution in [0.2, 0.25) is 5.02 Å². The maximum Gasteiger partial charge on any atom is 0.222 e. The van der Waals surface area contributed by atoms with Gasteiger partial charge in [0.15, 0.2) is 11.5 Å². The molecule has 2 fully saturated rings. The molecule has 0 atom stereocenters. The second kappa shape index (κ2) is 13.7. The molecule has 0 spiro atoms. The molecule has 2 aromatic carbocycles. The van der Waals surface area contributed by atoms with E-state index >= 15 is 0 Å². The number of amides is 1. The third-order valence-electron chi connectivity index (χ3n) is 7.84. The summed E-state index contributed by atoms with van der Waals surface area (Å²) >= 11 is 6.26. The molecule has 2 aliphatic rings. The Bertz CT molecular complexity index is 1090. The third-order valence-corrected chi connectivity index (χ3v) is 8.44. The molecule has 2 aromatic rings. The van der Waals surface area contributed by atoms with Gasteiger partial charge >= 0.3 is 0 Å². The lowest BCUT2D eigenvalue weighted by Gasteiger charge is -2.38. The monoisotopic (exact) mass is 558 g/mol. The highest BCUT2D eigenvalue weighted by molar-refractivity contribution is 6.32. The minimum absolute atomic E-state index is 0.268. The molecule has 0 bridgehead atoms. The van der Waals surface area contributed by atoms with E-state index in [1.807, 2.05) is 43.0 Å². The quantitative estimate of drug-likeness (QED) is 0.365. The number of aliphatic hydroxyl groups is 1. The molecule has 2 heterocycles. The summed E-state index contributed by atoms with van der Waals surface area (Å²) in [5, 5.41) is 11.9. The lowest BCUT2D eigenvalue weighted by atomic mass is 9.92. The molecule has 2 aliphatic heterocycles. The highest BCUT2D eigenvalue weighted by Crippen LogP contribution is 2.31. The lowest BCUT2D eigenvalue weighted by molar-refractivity contribution is -0.130. The van der Waals surface area contributed by atoms with Crippen LogP contribution in [0.25, 0.3) is 0 Å². The average molecular weight is 559 g/mol. The van der Waals surface area contributed by atoms with Crippen LogP contribution in [0.3, 0.4) is 0 Å². The normalized spacial score (nSPS) is 18.1. The summed E-state index contributed by atoms with van der Waals surface area (Å²) in [4.78, 5) is 16.5. The van der Waals surface area contributed by atoms with Gasteiger partial charge in [-0.25, -0.2) is 0 Å². The Hall–Kier alpha value is -2.48. The molecule has 1 N–H and O–H groups in total. The van der Waals surface area contributed by atoms with Crippen LogP contribution in [0.5, 0.6) is 17.2 Å². The molecular formula is C31H43ClN2O5. The number of rotatable bonds is 11. The summed E-state index contributed by atoms with van der Waals surface area (Å²) in [5.41, 5.74) is 2.25. The van der Waals surface area contributed by atoms with Gasteiger partial charge in [0.1, 0.15) is 18.0 Å². The molecular weight excluding hydrogens is 516 g/mol. The molecule has 4 rings (SSSR count). The molecule has 7 nitrogen and oxygen atoms in total. The van der Waals surface area contributed by atoms with Gasteiger partial charge < -0.3 is 24.2 Å². The number of carbonyl (C=O) groups excluding carboxylic acids is 1. The standard InChI is InChI=1S/C31H43ClN2O5/c1-23-18-26(19-24(2)30(23)32)39-22-31(36)11-15-33(16-12-31)21-25-9-10-27(28(20-25)37-3)38-17-7-14-34-13-6-4-5-8-29(34)35/h9-10,18-20,36H,4-8,11-17,21-22H2,1-3H3. The average Bonchev–Trinajstić information content (AvgIpc) is 3.14. The van der Waals surface area contributed by atoms with Crippen LogP contribution in [-0.2, 0) is 11.3 Å². The van der Waals surface area contributed by atoms with E-state index in [0.717, 1.165) is 91.6 Å². The molecule has 214 valence electrons. The van der Waals surface area contributed by atoms with Gasteiger partial charge in [0, 0.05) is 44.2 Å². The van der Waals surface area contributed by atoms with Crippen LogP contribution in [0.4, 0.5) is 0 Å². The SMILES string of the molecule is COc1cc(CN2CCC(O)(COc3cc(C)c(Cl)c(C)c3)CC2)ccc1OCCCN1CCCCCC1=O. The van der Waals surface area contributed by atoms with Crippen LogP contribution in [-0.4, -0.2) is 72.9 Å². The molecule has 8 heteroatoms. The van der Waals surface area contributed by atoms with Gasteiger partial charge in [0.25, 0.3) is 0 Å². The van der Waals surface area contributed by atoms with Crippen LogP contribution in [0.1, 0.15) is 61.6 Å². The number of hydrogen-bond acceptors (Lipinski definition) is 6. The van der Waals surface area contributed by atoms with Crippen molar-refractivity contribution < 1.29 is 24.1 Å². The highest BCUT2D eigenvalue weighted by atomic mass is 35.5. The van der Waals surface area contributed by atoms with Crippen LogP contribution >= 0.6 is 11.6 Å². The largest absolute Gasteiger partial charge is 0.493 e. The van der Waals surface area contributed by atoms with Gasteiger partial charge in [0.2, 0.25) is 5.91 Å². The van der Waals surface area contributed by atoms with Crippen LogP contribution < -0.4 is 14.2 Å². The minimum atomic E-state index is -0.842. The van der Waals surface area contributed by atoms with Crippen molar-refractivity contribution in [1.29, 1.82) is 0 Å². The van der Waals surface area contributed by atoms with Crippen molar-refractivity contribution in [3.8, 4) is 17.2 Å². The Morgan fingerprint density at radius 3 is 2.44 bits per heavy atom. The van der Waals surface area contributed by atoms with Crippen molar-refractivity contribution in [2.24, 2.45) is 0 Å². The Morgan fingerprint density at radius 2 is 1.72 bits per heavy atom. The van der Waals surface area contributed by atoms with Crippen molar-refractivity contribution in [3.63, 3.8) is 0 Å². The number of likely N-dealkylation sites (tertiary alicyclic amines) is 2. The van der Waals surface area contributed by atoms with Gasteiger partial charge in [-0.1, -0.05) is 24.1 Å². The maximum absolute atomic E-state index is 12.2. The van der Waals surface area contributed by atoms with Gasteiger partial charge in [-0.3, -0.25) is 9.69 Å². The van der Waals surface area contributed by atoms with Gasteiger partial charge in [-0.05, 0) is 86.9 Å². The molecule has 1 amide bonds. The van der Waals surface area contributed by atoms with Crippen molar-refractivity contribution in [2.45, 2.75) is 70.9 Å². The number of benzene rings is 2.